The summed E-state index contributed by atoms with van der Waals surface area (Å²) >= 11 is 0.558. The van der Waals surface area contributed by atoms with Crippen molar-refractivity contribution < 1.29 is 37.0 Å². The summed E-state index contributed by atoms with van der Waals surface area (Å²) in [7, 11) is 0. The van der Waals surface area contributed by atoms with E-state index in [0.29, 0.717) is 42.2 Å². The number of carbonyl (C=O) groups excluding carboxylic acids is 3. The van der Waals surface area contributed by atoms with Crippen molar-refractivity contribution in [2.45, 2.75) is 6.18 Å². The number of alkyl halides is 3. The maximum atomic E-state index is 12.9. The third-order valence-corrected chi connectivity index (χ3v) is 5.42. The number of rotatable bonds is 4. The maximum absolute atomic E-state index is 12.9. The van der Waals surface area contributed by atoms with E-state index in [4.69, 9.17) is 9.47 Å². The van der Waals surface area contributed by atoms with E-state index in [1.807, 2.05) is 0 Å². The Kier molecular flexibility index (Phi) is 5.83. The van der Waals surface area contributed by atoms with Gasteiger partial charge in [0.05, 0.1) is 10.5 Å². The van der Waals surface area contributed by atoms with Crippen molar-refractivity contribution in [2.24, 2.45) is 0 Å². The Morgan fingerprint density at radius 2 is 1.84 bits per heavy atom. The van der Waals surface area contributed by atoms with E-state index < -0.39 is 35.3 Å². The Balaban J connectivity index is 1.44. The highest BCUT2D eigenvalue weighted by atomic mass is 32.2. The van der Waals surface area contributed by atoms with Crippen LogP contribution in [0.25, 0.3) is 6.08 Å². The molecule has 0 spiro atoms. The monoisotopic (exact) mass is 464 g/mol. The minimum atomic E-state index is -4.53. The van der Waals surface area contributed by atoms with E-state index in [1.165, 1.54) is 18.2 Å². The van der Waals surface area contributed by atoms with Gasteiger partial charge in [0.2, 0.25) is 5.91 Å². The van der Waals surface area contributed by atoms with E-state index in [2.05, 4.69) is 5.32 Å². The second-order valence-corrected chi connectivity index (χ2v) is 7.79. The second-order valence-electron chi connectivity index (χ2n) is 6.80. The summed E-state index contributed by atoms with van der Waals surface area (Å²) in [5.41, 5.74) is -0.360. The Hall–Kier alpha value is -3.47. The van der Waals surface area contributed by atoms with Gasteiger partial charge in [-0.3, -0.25) is 19.3 Å². The van der Waals surface area contributed by atoms with Crippen molar-refractivity contribution in [1.82, 2.24) is 4.90 Å². The fraction of sp³-hybridized carbons (Fsp3) is 0.190. The molecule has 0 aliphatic carbocycles. The van der Waals surface area contributed by atoms with Gasteiger partial charge >= 0.3 is 6.18 Å². The standard InChI is InChI=1S/C21H15F3N2O5S/c22-21(23,24)13-3-1-2-12(8-13)9-17-19(28)26(20(29)32-17)11-18(27)25-14-4-5-15-16(10-14)31-7-6-30-15/h1-5,8-10H,6-7,11H2,(H,25,27)/b17-9+. The molecule has 1 saturated heterocycles. The van der Waals surface area contributed by atoms with Crippen LogP contribution < -0.4 is 14.8 Å². The number of hydrogen-bond acceptors (Lipinski definition) is 6. The van der Waals surface area contributed by atoms with Crippen LogP contribution in [0.5, 0.6) is 11.5 Å². The molecule has 2 aromatic rings. The van der Waals surface area contributed by atoms with Crippen LogP contribution in [0.2, 0.25) is 0 Å². The molecule has 32 heavy (non-hydrogen) atoms. The zero-order valence-electron chi connectivity index (χ0n) is 16.3. The van der Waals surface area contributed by atoms with Crippen LogP contribution in [0.15, 0.2) is 47.4 Å². The SMILES string of the molecule is O=C(CN1C(=O)S/C(=C/c2cccc(C(F)(F)F)c2)C1=O)Nc1ccc2c(c1)OCCO2. The van der Waals surface area contributed by atoms with Crippen LogP contribution in [0, 0.1) is 0 Å². The Morgan fingerprint density at radius 1 is 1.09 bits per heavy atom. The molecule has 2 aliphatic rings. The number of imide groups is 1. The van der Waals surface area contributed by atoms with Crippen LogP contribution >= 0.6 is 11.8 Å². The highest BCUT2D eigenvalue weighted by Gasteiger charge is 2.36. The van der Waals surface area contributed by atoms with Crippen LogP contribution in [0.3, 0.4) is 0 Å². The first kappa shape index (κ1) is 21.8. The van der Waals surface area contributed by atoms with E-state index in [-0.39, 0.29) is 10.5 Å². The van der Waals surface area contributed by atoms with Crippen molar-refractivity contribution >= 4 is 40.6 Å². The quantitative estimate of drug-likeness (QED) is 0.685. The maximum Gasteiger partial charge on any atom is 0.416 e. The van der Waals surface area contributed by atoms with Crippen LogP contribution in [0.4, 0.5) is 23.7 Å². The number of nitrogens with one attached hydrogen (secondary N) is 1. The summed E-state index contributed by atoms with van der Waals surface area (Å²) in [6.45, 7) is 0.254. The predicted molar refractivity (Wildman–Crippen MR) is 110 cm³/mol. The lowest BCUT2D eigenvalue weighted by atomic mass is 10.1. The minimum Gasteiger partial charge on any atom is -0.486 e. The minimum absolute atomic E-state index is 0.0681. The van der Waals surface area contributed by atoms with Crippen LogP contribution in [0.1, 0.15) is 11.1 Å². The summed E-state index contributed by atoms with van der Waals surface area (Å²) in [6, 6.07) is 9.16. The molecule has 0 unspecified atom stereocenters. The molecule has 0 aromatic heterocycles. The molecule has 7 nitrogen and oxygen atoms in total. The molecule has 0 radical (unpaired) electrons. The molecule has 11 heteroatoms. The molecule has 4 rings (SSSR count). The number of anilines is 1. The average Bonchev–Trinajstić information content (AvgIpc) is 3.00. The molecule has 3 amide bonds. The third kappa shape index (κ3) is 4.72. The van der Waals surface area contributed by atoms with Gasteiger partial charge in [-0.25, -0.2) is 0 Å². The van der Waals surface area contributed by atoms with Gasteiger partial charge in [-0.15, -0.1) is 0 Å². The van der Waals surface area contributed by atoms with Crippen molar-refractivity contribution in [1.29, 1.82) is 0 Å². The average molecular weight is 464 g/mol. The fourth-order valence-corrected chi connectivity index (χ4v) is 3.90. The first-order valence-electron chi connectivity index (χ1n) is 9.33. The lowest BCUT2D eigenvalue weighted by Gasteiger charge is -2.19. The van der Waals surface area contributed by atoms with Gasteiger partial charge in [0, 0.05) is 11.8 Å². The van der Waals surface area contributed by atoms with Crippen molar-refractivity contribution in [3.05, 3.63) is 58.5 Å². The summed E-state index contributed by atoms with van der Waals surface area (Å²) in [6.07, 6.45) is -3.34. The van der Waals surface area contributed by atoms with E-state index in [0.717, 1.165) is 17.0 Å². The molecular formula is C21H15F3N2O5S. The zero-order valence-corrected chi connectivity index (χ0v) is 17.1. The normalized spacial score (nSPS) is 17.1. The van der Waals surface area contributed by atoms with Gasteiger partial charge in [-0.05, 0) is 47.7 Å². The van der Waals surface area contributed by atoms with Crippen molar-refractivity contribution in [2.75, 3.05) is 25.1 Å². The number of amides is 3. The number of nitrogens with zero attached hydrogens (tertiary/aromatic N) is 1. The molecule has 166 valence electrons. The molecule has 1 N–H and O–H groups in total. The molecule has 2 aromatic carbocycles. The van der Waals surface area contributed by atoms with Gasteiger partial charge < -0.3 is 14.8 Å². The molecular weight excluding hydrogens is 449 g/mol. The molecule has 0 bridgehead atoms. The summed E-state index contributed by atoms with van der Waals surface area (Å²) in [4.78, 5) is 37.8. The van der Waals surface area contributed by atoms with Crippen LogP contribution in [-0.2, 0) is 15.8 Å². The molecule has 1 fully saturated rings. The lowest BCUT2D eigenvalue weighted by Crippen LogP contribution is -2.36. The van der Waals surface area contributed by atoms with Crippen LogP contribution in [-0.4, -0.2) is 41.7 Å². The number of hydrogen-bond donors (Lipinski definition) is 1. The third-order valence-electron chi connectivity index (χ3n) is 4.51. The van der Waals surface area contributed by atoms with Crippen molar-refractivity contribution in [3.63, 3.8) is 0 Å². The largest absolute Gasteiger partial charge is 0.486 e. The second kappa shape index (κ2) is 8.58. The molecule has 2 aliphatic heterocycles. The smallest absolute Gasteiger partial charge is 0.416 e. The van der Waals surface area contributed by atoms with Gasteiger partial charge in [0.25, 0.3) is 11.1 Å². The highest BCUT2D eigenvalue weighted by Crippen LogP contribution is 2.35. The molecule has 0 saturated carbocycles. The number of benzene rings is 2. The number of carbonyl (C=O) groups is 3. The first-order valence-corrected chi connectivity index (χ1v) is 10.1. The number of ether oxygens (including phenoxy) is 2. The van der Waals surface area contributed by atoms with Gasteiger partial charge in [0.1, 0.15) is 19.8 Å². The summed E-state index contributed by atoms with van der Waals surface area (Å²) in [5.74, 6) is -0.372. The predicted octanol–water partition coefficient (Wildman–Crippen LogP) is 4.15. The number of fused-ring (bicyclic) bond motifs is 1. The Bertz CT molecular complexity index is 1130. The molecule has 0 atom stereocenters. The van der Waals surface area contributed by atoms with E-state index >= 15 is 0 Å². The van der Waals surface area contributed by atoms with Gasteiger partial charge in [-0.2, -0.15) is 13.2 Å². The van der Waals surface area contributed by atoms with Gasteiger partial charge in [0.15, 0.2) is 11.5 Å². The van der Waals surface area contributed by atoms with Crippen molar-refractivity contribution in [3.8, 4) is 11.5 Å². The molecule has 2 heterocycles. The summed E-state index contributed by atoms with van der Waals surface area (Å²) in [5, 5.41) is 1.89. The number of thioether (sulfide) groups is 1. The zero-order chi connectivity index (χ0) is 22.9. The number of halogens is 3. The first-order chi connectivity index (χ1) is 15.2. The topological polar surface area (TPSA) is 84.9 Å². The Labute approximate surface area is 184 Å². The Morgan fingerprint density at radius 3 is 2.59 bits per heavy atom. The summed E-state index contributed by atoms with van der Waals surface area (Å²) < 4.78 is 49.5. The lowest BCUT2D eigenvalue weighted by molar-refractivity contribution is -0.137. The fourth-order valence-electron chi connectivity index (χ4n) is 3.06. The highest BCUT2D eigenvalue weighted by molar-refractivity contribution is 8.18. The van der Waals surface area contributed by atoms with E-state index in [9.17, 15) is 27.6 Å². The van der Waals surface area contributed by atoms with Gasteiger partial charge in [-0.1, -0.05) is 12.1 Å². The van der Waals surface area contributed by atoms with E-state index in [1.54, 1.807) is 18.2 Å².